The van der Waals surface area contributed by atoms with Gasteiger partial charge in [0, 0.05) is 13.1 Å². The van der Waals surface area contributed by atoms with E-state index in [0.717, 1.165) is 0 Å². The van der Waals surface area contributed by atoms with Crippen LogP contribution in [-0.4, -0.2) is 69.6 Å². The molecule has 0 bridgehead atoms. The van der Waals surface area contributed by atoms with Gasteiger partial charge in [0.1, 0.15) is 0 Å². The highest BCUT2D eigenvalue weighted by Gasteiger charge is 2.35. The molecule has 1 aromatic rings. The van der Waals surface area contributed by atoms with Crippen molar-refractivity contribution in [3.8, 4) is 11.5 Å². The standard InChI is InChI=1S/C18H25NO7S/c1-5-25-16-10-13(6-7-15(16)24-4)18(21)26-12(2)17(20)19(3)14-8-9-27(22,23)11-14/h6-7,10,12,14H,5,8-9,11H2,1-4H3/t12-,14+/m1/s1. The van der Waals surface area contributed by atoms with Crippen LogP contribution in [0.3, 0.4) is 0 Å². The van der Waals surface area contributed by atoms with E-state index in [1.807, 2.05) is 6.92 Å². The number of carbonyl (C=O) groups is 2. The van der Waals surface area contributed by atoms with Crippen LogP contribution in [-0.2, 0) is 19.4 Å². The average molecular weight is 399 g/mol. The summed E-state index contributed by atoms with van der Waals surface area (Å²) in [6.07, 6.45) is -0.648. The molecule has 0 N–H and O–H groups in total. The summed E-state index contributed by atoms with van der Waals surface area (Å²) in [4.78, 5) is 26.2. The van der Waals surface area contributed by atoms with Gasteiger partial charge in [-0.1, -0.05) is 0 Å². The number of methoxy groups -OCH3 is 1. The van der Waals surface area contributed by atoms with E-state index in [-0.39, 0.29) is 17.1 Å². The van der Waals surface area contributed by atoms with Crippen LogP contribution < -0.4 is 9.47 Å². The van der Waals surface area contributed by atoms with E-state index in [4.69, 9.17) is 14.2 Å². The van der Waals surface area contributed by atoms with Gasteiger partial charge in [0.25, 0.3) is 5.91 Å². The first-order chi connectivity index (χ1) is 12.7. The molecule has 2 atom stereocenters. The lowest BCUT2D eigenvalue weighted by Crippen LogP contribution is -2.44. The third-order valence-corrected chi connectivity index (χ3v) is 6.18. The van der Waals surface area contributed by atoms with Gasteiger partial charge in [-0.15, -0.1) is 0 Å². The molecule has 150 valence electrons. The van der Waals surface area contributed by atoms with E-state index in [1.54, 1.807) is 6.07 Å². The number of carbonyl (C=O) groups excluding carboxylic acids is 2. The van der Waals surface area contributed by atoms with Gasteiger partial charge in [0.05, 0.1) is 30.8 Å². The number of sulfone groups is 1. The third kappa shape index (κ3) is 5.12. The van der Waals surface area contributed by atoms with Crippen molar-refractivity contribution < 1.29 is 32.2 Å². The molecule has 1 amide bonds. The first-order valence-electron chi connectivity index (χ1n) is 8.67. The minimum atomic E-state index is -3.11. The molecule has 8 nitrogen and oxygen atoms in total. The minimum absolute atomic E-state index is 0.0634. The molecule has 0 spiro atoms. The Kier molecular flexibility index (Phi) is 6.69. The van der Waals surface area contributed by atoms with Crippen molar-refractivity contribution in [3.05, 3.63) is 23.8 Å². The van der Waals surface area contributed by atoms with Crippen molar-refractivity contribution in [1.29, 1.82) is 0 Å². The average Bonchev–Trinajstić information content (AvgIpc) is 3.00. The smallest absolute Gasteiger partial charge is 0.339 e. The fraction of sp³-hybridized carbons (Fsp3) is 0.556. The highest BCUT2D eigenvalue weighted by atomic mass is 32.2. The maximum Gasteiger partial charge on any atom is 0.339 e. The van der Waals surface area contributed by atoms with Gasteiger partial charge in [-0.05, 0) is 38.5 Å². The van der Waals surface area contributed by atoms with Crippen molar-refractivity contribution in [2.45, 2.75) is 32.4 Å². The zero-order chi connectivity index (χ0) is 20.2. The summed E-state index contributed by atoms with van der Waals surface area (Å²) in [7, 11) is -0.0878. The van der Waals surface area contributed by atoms with E-state index < -0.39 is 33.9 Å². The SMILES string of the molecule is CCOc1cc(C(=O)O[C@H](C)C(=O)N(C)[C@H]2CCS(=O)(=O)C2)ccc1OC. The number of ether oxygens (including phenoxy) is 3. The Morgan fingerprint density at radius 1 is 1.30 bits per heavy atom. The lowest BCUT2D eigenvalue weighted by atomic mass is 10.2. The fourth-order valence-electron chi connectivity index (χ4n) is 2.90. The second kappa shape index (κ2) is 8.60. The van der Waals surface area contributed by atoms with Crippen LogP contribution in [0.4, 0.5) is 0 Å². The molecule has 1 aliphatic heterocycles. The van der Waals surface area contributed by atoms with Crippen LogP contribution in [0.1, 0.15) is 30.6 Å². The van der Waals surface area contributed by atoms with Crippen molar-refractivity contribution in [3.63, 3.8) is 0 Å². The Bertz CT molecular complexity index is 806. The summed E-state index contributed by atoms with van der Waals surface area (Å²) >= 11 is 0. The molecule has 1 fully saturated rings. The topological polar surface area (TPSA) is 99.2 Å². The van der Waals surface area contributed by atoms with E-state index in [1.165, 1.54) is 38.1 Å². The summed E-state index contributed by atoms with van der Waals surface area (Å²) in [5.74, 6) is -0.223. The van der Waals surface area contributed by atoms with Crippen LogP contribution in [0.2, 0.25) is 0 Å². The first-order valence-corrected chi connectivity index (χ1v) is 10.5. The quantitative estimate of drug-likeness (QED) is 0.637. The monoisotopic (exact) mass is 399 g/mol. The molecule has 0 unspecified atom stereocenters. The zero-order valence-corrected chi connectivity index (χ0v) is 16.7. The second-order valence-corrected chi connectivity index (χ2v) is 8.58. The maximum atomic E-state index is 12.5. The molecule has 1 aliphatic rings. The summed E-state index contributed by atoms with van der Waals surface area (Å²) in [6.45, 7) is 3.68. The van der Waals surface area contributed by atoms with Gasteiger partial charge in [-0.25, -0.2) is 13.2 Å². The molecular weight excluding hydrogens is 374 g/mol. The Balaban J connectivity index is 2.04. The number of likely N-dealkylation sites (N-methyl/N-ethyl adjacent to an activating group) is 1. The van der Waals surface area contributed by atoms with Crippen molar-refractivity contribution in [1.82, 2.24) is 4.90 Å². The number of rotatable bonds is 7. The summed E-state index contributed by atoms with van der Waals surface area (Å²) in [6, 6.07) is 4.21. The normalized spacial score (nSPS) is 19.2. The summed E-state index contributed by atoms with van der Waals surface area (Å²) in [5.41, 5.74) is 0.227. The molecular formula is C18H25NO7S. The largest absolute Gasteiger partial charge is 0.493 e. The van der Waals surface area contributed by atoms with Gasteiger partial charge < -0.3 is 19.1 Å². The minimum Gasteiger partial charge on any atom is -0.493 e. The molecule has 1 saturated heterocycles. The van der Waals surface area contributed by atoms with Crippen molar-refractivity contribution in [2.24, 2.45) is 0 Å². The number of benzene rings is 1. The molecule has 2 rings (SSSR count). The Labute approximate surface area is 159 Å². The molecule has 9 heteroatoms. The van der Waals surface area contributed by atoms with E-state index in [2.05, 4.69) is 0 Å². The van der Waals surface area contributed by atoms with Crippen LogP contribution in [0.15, 0.2) is 18.2 Å². The first kappa shape index (κ1) is 21.0. The van der Waals surface area contributed by atoms with Crippen molar-refractivity contribution >= 4 is 21.7 Å². The lowest BCUT2D eigenvalue weighted by molar-refractivity contribution is -0.140. The second-order valence-electron chi connectivity index (χ2n) is 6.35. The number of hydrogen-bond donors (Lipinski definition) is 0. The molecule has 0 aliphatic carbocycles. The predicted molar refractivity (Wildman–Crippen MR) is 98.9 cm³/mol. The number of nitrogens with zero attached hydrogens (tertiary/aromatic N) is 1. The molecule has 0 saturated carbocycles. The number of esters is 1. The Hall–Kier alpha value is -2.29. The van der Waals surface area contributed by atoms with E-state index >= 15 is 0 Å². The van der Waals surface area contributed by atoms with Gasteiger partial charge in [-0.2, -0.15) is 0 Å². The summed E-state index contributed by atoms with van der Waals surface area (Å²) in [5, 5.41) is 0. The Morgan fingerprint density at radius 3 is 2.56 bits per heavy atom. The van der Waals surface area contributed by atoms with Crippen LogP contribution in [0.25, 0.3) is 0 Å². The number of amides is 1. The van der Waals surface area contributed by atoms with E-state index in [0.29, 0.717) is 24.5 Å². The molecule has 1 aromatic carbocycles. The Morgan fingerprint density at radius 2 is 2.00 bits per heavy atom. The number of hydrogen-bond acceptors (Lipinski definition) is 7. The molecule has 0 radical (unpaired) electrons. The maximum absolute atomic E-state index is 12.5. The highest BCUT2D eigenvalue weighted by molar-refractivity contribution is 7.91. The van der Waals surface area contributed by atoms with Gasteiger partial charge >= 0.3 is 5.97 Å². The highest BCUT2D eigenvalue weighted by Crippen LogP contribution is 2.28. The van der Waals surface area contributed by atoms with Gasteiger partial charge in [0.2, 0.25) is 0 Å². The van der Waals surface area contributed by atoms with E-state index in [9.17, 15) is 18.0 Å². The predicted octanol–water partition coefficient (Wildman–Crippen LogP) is 1.28. The fourth-order valence-corrected chi connectivity index (χ4v) is 4.67. The zero-order valence-electron chi connectivity index (χ0n) is 15.9. The van der Waals surface area contributed by atoms with Crippen molar-refractivity contribution in [2.75, 3.05) is 32.3 Å². The van der Waals surface area contributed by atoms with Crippen LogP contribution in [0, 0.1) is 0 Å². The molecule has 1 heterocycles. The molecule has 27 heavy (non-hydrogen) atoms. The van der Waals surface area contributed by atoms with Gasteiger partial charge in [-0.3, -0.25) is 4.79 Å². The van der Waals surface area contributed by atoms with Gasteiger partial charge in [0.15, 0.2) is 27.4 Å². The molecule has 0 aromatic heterocycles. The van der Waals surface area contributed by atoms with Crippen LogP contribution >= 0.6 is 0 Å². The third-order valence-electron chi connectivity index (χ3n) is 4.43. The summed E-state index contributed by atoms with van der Waals surface area (Å²) < 4.78 is 39.0. The van der Waals surface area contributed by atoms with Crippen LogP contribution in [0.5, 0.6) is 11.5 Å². The lowest BCUT2D eigenvalue weighted by Gasteiger charge is -2.26.